The fraction of sp³-hybridized carbons (Fsp3) is 1.00. The fourth-order valence-electron chi connectivity index (χ4n) is 2.52. The Labute approximate surface area is 88.1 Å². The molecule has 84 valence electrons. The van der Waals surface area contributed by atoms with Crippen LogP contribution in [0, 0.1) is 5.92 Å². The van der Waals surface area contributed by atoms with Gasteiger partial charge in [-0.3, -0.25) is 0 Å². The summed E-state index contributed by atoms with van der Waals surface area (Å²) >= 11 is 0. The molecule has 2 heteroatoms. The smallest absolute Gasteiger partial charge is 0.0584 e. The molecule has 2 nitrogen and oxygen atoms in total. The minimum absolute atomic E-state index is 0.281. The van der Waals surface area contributed by atoms with Crippen molar-refractivity contribution in [2.75, 3.05) is 6.61 Å². The zero-order chi connectivity index (χ0) is 10.4. The highest BCUT2D eigenvalue weighted by Crippen LogP contribution is 2.27. The molecule has 0 aromatic heterocycles. The normalized spacial score (nSPS) is 30.2. The van der Waals surface area contributed by atoms with Gasteiger partial charge < -0.3 is 10.4 Å². The number of aliphatic hydroxyl groups is 1. The number of rotatable bonds is 5. The number of nitrogens with one attached hydrogen (secondary N) is 1. The number of hydrogen-bond acceptors (Lipinski definition) is 2. The molecule has 0 aliphatic heterocycles. The second-order valence-corrected chi connectivity index (χ2v) is 4.51. The molecule has 0 heterocycles. The van der Waals surface area contributed by atoms with E-state index in [1.54, 1.807) is 0 Å². The summed E-state index contributed by atoms with van der Waals surface area (Å²) in [5, 5.41) is 12.8. The van der Waals surface area contributed by atoms with Crippen LogP contribution in [-0.2, 0) is 0 Å². The van der Waals surface area contributed by atoms with Gasteiger partial charge in [-0.15, -0.1) is 0 Å². The molecule has 0 spiro atoms. The van der Waals surface area contributed by atoms with Gasteiger partial charge in [0, 0.05) is 12.1 Å². The second kappa shape index (κ2) is 6.41. The molecule has 2 unspecified atom stereocenters. The maximum atomic E-state index is 9.15. The molecule has 14 heavy (non-hydrogen) atoms. The van der Waals surface area contributed by atoms with Gasteiger partial charge in [0.15, 0.2) is 0 Å². The largest absolute Gasteiger partial charge is 0.395 e. The van der Waals surface area contributed by atoms with Crippen molar-refractivity contribution in [3.8, 4) is 0 Å². The highest BCUT2D eigenvalue weighted by atomic mass is 16.3. The standard InChI is InChI=1S/C12H25NO/c1-3-10-7-5-6-8-12(10)13-11(4-2)9-14/h10-14H,3-9H2,1-2H3/t10?,11-,12?/m1/s1. The van der Waals surface area contributed by atoms with Crippen LogP contribution in [0.3, 0.4) is 0 Å². The lowest BCUT2D eigenvalue weighted by Gasteiger charge is -2.34. The quantitative estimate of drug-likeness (QED) is 0.712. The average molecular weight is 199 g/mol. The van der Waals surface area contributed by atoms with Crippen LogP contribution in [-0.4, -0.2) is 23.8 Å². The van der Waals surface area contributed by atoms with Crippen molar-refractivity contribution in [1.29, 1.82) is 0 Å². The predicted octanol–water partition coefficient (Wildman–Crippen LogP) is 2.32. The Morgan fingerprint density at radius 1 is 1.29 bits per heavy atom. The van der Waals surface area contributed by atoms with Crippen molar-refractivity contribution in [1.82, 2.24) is 5.32 Å². The molecule has 0 amide bonds. The zero-order valence-electron chi connectivity index (χ0n) is 9.63. The van der Waals surface area contributed by atoms with Crippen molar-refractivity contribution >= 4 is 0 Å². The van der Waals surface area contributed by atoms with E-state index in [1.807, 2.05) is 0 Å². The first-order valence-corrected chi connectivity index (χ1v) is 6.18. The molecule has 0 aromatic carbocycles. The molecule has 1 saturated carbocycles. The minimum atomic E-state index is 0.281. The Morgan fingerprint density at radius 2 is 2.00 bits per heavy atom. The number of aliphatic hydroxyl groups excluding tert-OH is 1. The van der Waals surface area contributed by atoms with E-state index in [2.05, 4.69) is 19.2 Å². The first-order valence-electron chi connectivity index (χ1n) is 6.18. The van der Waals surface area contributed by atoms with E-state index in [9.17, 15) is 0 Å². The van der Waals surface area contributed by atoms with Crippen LogP contribution in [0.4, 0.5) is 0 Å². The summed E-state index contributed by atoms with van der Waals surface area (Å²) in [6.45, 7) is 4.70. The molecular weight excluding hydrogens is 174 g/mol. The summed E-state index contributed by atoms with van der Waals surface area (Å²) in [6.07, 6.45) is 7.73. The molecule has 0 radical (unpaired) electrons. The first kappa shape index (κ1) is 12.0. The van der Waals surface area contributed by atoms with E-state index in [0.717, 1.165) is 12.3 Å². The summed E-state index contributed by atoms with van der Waals surface area (Å²) in [5.74, 6) is 0.837. The van der Waals surface area contributed by atoms with Crippen molar-refractivity contribution in [3.05, 3.63) is 0 Å². The minimum Gasteiger partial charge on any atom is -0.395 e. The maximum Gasteiger partial charge on any atom is 0.0584 e. The Balaban J connectivity index is 2.39. The predicted molar refractivity (Wildman–Crippen MR) is 60.3 cm³/mol. The number of hydrogen-bond donors (Lipinski definition) is 2. The molecule has 1 fully saturated rings. The van der Waals surface area contributed by atoms with Crippen molar-refractivity contribution in [2.45, 2.75) is 64.5 Å². The molecular formula is C12H25NO. The van der Waals surface area contributed by atoms with Gasteiger partial charge in [-0.2, -0.15) is 0 Å². The van der Waals surface area contributed by atoms with E-state index < -0.39 is 0 Å². The Bertz CT molecular complexity index is 145. The molecule has 0 aromatic rings. The fourth-order valence-corrected chi connectivity index (χ4v) is 2.52. The zero-order valence-corrected chi connectivity index (χ0v) is 9.63. The summed E-state index contributed by atoms with van der Waals surface area (Å²) in [6, 6.07) is 0.970. The van der Waals surface area contributed by atoms with Crippen molar-refractivity contribution < 1.29 is 5.11 Å². The SMILES string of the molecule is CCC1CCCCC1N[C@H](CC)CO. The van der Waals surface area contributed by atoms with Gasteiger partial charge in [-0.1, -0.05) is 33.1 Å². The second-order valence-electron chi connectivity index (χ2n) is 4.51. The van der Waals surface area contributed by atoms with Crippen molar-refractivity contribution in [3.63, 3.8) is 0 Å². The van der Waals surface area contributed by atoms with Gasteiger partial charge in [-0.25, -0.2) is 0 Å². The molecule has 0 bridgehead atoms. The van der Waals surface area contributed by atoms with Gasteiger partial charge in [0.05, 0.1) is 6.61 Å². The Hall–Kier alpha value is -0.0800. The van der Waals surface area contributed by atoms with E-state index in [0.29, 0.717) is 12.1 Å². The van der Waals surface area contributed by atoms with Crippen molar-refractivity contribution in [2.24, 2.45) is 5.92 Å². The third kappa shape index (κ3) is 3.25. The van der Waals surface area contributed by atoms with Crippen LogP contribution >= 0.6 is 0 Å². The third-order valence-electron chi connectivity index (χ3n) is 3.60. The summed E-state index contributed by atoms with van der Waals surface area (Å²) in [4.78, 5) is 0. The van der Waals surface area contributed by atoms with Gasteiger partial charge in [0.2, 0.25) is 0 Å². The first-order chi connectivity index (χ1) is 6.81. The lowest BCUT2D eigenvalue weighted by atomic mass is 9.82. The van der Waals surface area contributed by atoms with Crippen LogP contribution in [0.25, 0.3) is 0 Å². The molecule has 1 rings (SSSR count). The third-order valence-corrected chi connectivity index (χ3v) is 3.60. The van der Waals surface area contributed by atoms with Crippen LogP contribution in [0.1, 0.15) is 52.4 Å². The molecule has 2 N–H and O–H groups in total. The van der Waals surface area contributed by atoms with E-state index in [1.165, 1.54) is 32.1 Å². The van der Waals surface area contributed by atoms with Gasteiger partial charge in [0.1, 0.15) is 0 Å². The summed E-state index contributed by atoms with van der Waals surface area (Å²) in [5.41, 5.74) is 0. The Morgan fingerprint density at radius 3 is 2.57 bits per heavy atom. The van der Waals surface area contributed by atoms with Gasteiger partial charge in [0.25, 0.3) is 0 Å². The van der Waals surface area contributed by atoms with Crippen LogP contribution in [0.15, 0.2) is 0 Å². The lowest BCUT2D eigenvalue weighted by molar-refractivity contribution is 0.184. The summed E-state index contributed by atoms with van der Waals surface area (Å²) < 4.78 is 0. The van der Waals surface area contributed by atoms with Gasteiger partial charge >= 0.3 is 0 Å². The van der Waals surface area contributed by atoms with E-state index in [4.69, 9.17) is 5.11 Å². The van der Waals surface area contributed by atoms with E-state index >= 15 is 0 Å². The Kier molecular flexibility index (Phi) is 5.49. The molecule has 1 aliphatic carbocycles. The summed E-state index contributed by atoms with van der Waals surface area (Å²) in [7, 11) is 0. The average Bonchev–Trinajstić information content (AvgIpc) is 2.26. The van der Waals surface area contributed by atoms with Gasteiger partial charge in [-0.05, 0) is 25.2 Å². The lowest BCUT2D eigenvalue weighted by Crippen LogP contribution is -2.45. The molecule has 3 atom stereocenters. The molecule has 0 saturated heterocycles. The van der Waals surface area contributed by atoms with Crippen LogP contribution in [0.2, 0.25) is 0 Å². The topological polar surface area (TPSA) is 32.3 Å². The monoisotopic (exact) mass is 199 g/mol. The highest BCUT2D eigenvalue weighted by molar-refractivity contribution is 4.82. The maximum absolute atomic E-state index is 9.15. The van der Waals surface area contributed by atoms with E-state index in [-0.39, 0.29) is 6.61 Å². The highest BCUT2D eigenvalue weighted by Gasteiger charge is 2.24. The van der Waals surface area contributed by atoms with Crippen LogP contribution < -0.4 is 5.32 Å². The molecule has 1 aliphatic rings. The van der Waals surface area contributed by atoms with Crippen LogP contribution in [0.5, 0.6) is 0 Å².